The Hall–Kier alpha value is -6.68. The Labute approximate surface area is 309 Å². The van der Waals surface area contributed by atoms with E-state index in [1.807, 2.05) is 11.3 Å². The van der Waals surface area contributed by atoms with Gasteiger partial charge in [0, 0.05) is 53.1 Å². The number of rotatable bonds is 3. The molecule has 0 fully saturated rings. The van der Waals surface area contributed by atoms with E-state index in [0.717, 1.165) is 0 Å². The molecule has 0 aliphatic heterocycles. The summed E-state index contributed by atoms with van der Waals surface area (Å²) in [4.78, 5) is 0. The van der Waals surface area contributed by atoms with Gasteiger partial charge in [0.25, 0.3) is 0 Å². The molecule has 0 spiro atoms. The van der Waals surface area contributed by atoms with E-state index in [9.17, 15) is 0 Å². The third kappa shape index (κ3) is 4.26. The van der Waals surface area contributed by atoms with E-state index >= 15 is 0 Å². The smallest absolute Gasteiger partial charge is 0.0547 e. The van der Waals surface area contributed by atoms with E-state index in [-0.39, 0.29) is 0 Å². The van der Waals surface area contributed by atoms with Crippen molar-refractivity contribution >= 4 is 96.7 Å². The first kappa shape index (κ1) is 29.0. The largest absolute Gasteiger partial charge is 0.309 e. The van der Waals surface area contributed by atoms with Gasteiger partial charge >= 0.3 is 0 Å². The van der Waals surface area contributed by atoms with Crippen molar-refractivity contribution in [3.8, 4) is 22.5 Å². The SMILES string of the molecule is c1ccc2cc(-n3c4ccc(-c5ccc6c(c5)c5ccccc5n6-c5ccc6sc7ccccc7c6c5)cc4c4cc5ccccc5cc43)ccc2c1. The molecular formula is C50H30N2S. The van der Waals surface area contributed by atoms with Gasteiger partial charge in [0.1, 0.15) is 0 Å². The van der Waals surface area contributed by atoms with Crippen LogP contribution in [0.4, 0.5) is 0 Å². The van der Waals surface area contributed by atoms with E-state index < -0.39 is 0 Å². The molecular weight excluding hydrogens is 661 g/mol. The zero-order valence-electron chi connectivity index (χ0n) is 28.6. The lowest BCUT2D eigenvalue weighted by Crippen LogP contribution is -1.94. The Kier molecular flexibility index (Phi) is 5.96. The molecule has 0 radical (unpaired) electrons. The summed E-state index contributed by atoms with van der Waals surface area (Å²) in [6.07, 6.45) is 0. The molecule has 2 nitrogen and oxygen atoms in total. The Bertz CT molecular complexity index is 3470. The average Bonchev–Trinajstić information content (AvgIpc) is 3.86. The highest BCUT2D eigenvalue weighted by molar-refractivity contribution is 7.25. The fourth-order valence-corrected chi connectivity index (χ4v) is 9.85. The number of para-hydroxylation sites is 1. The van der Waals surface area contributed by atoms with Crippen LogP contribution in [-0.2, 0) is 0 Å². The summed E-state index contributed by atoms with van der Waals surface area (Å²) in [6, 6.07) is 67.4. The number of fused-ring (bicyclic) bond motifs is 11. The van der Waals surface area contributed by atoms with Gasteiger partial charge in [0.15, 0.2) is 0 Å². The minimum absolute atomic E-state index is 1.18. The summed E-state index contributed by atoms with van der Waals surface area (Å²) in [7, 11) is 0. The highest BCUT2D eigenvalue weighted by atomic mass is 32.1. The minimum Gasteiger partial charge on any atom is -0.309 e. The molecule has 0 bridgehead atoms. The van der Waals surface area contributed by atoms with Gasteiger partial charge < -0.3 is 9.13 Å². The van der Waals surface area contributed by atoms with Crippen LogP contribution in [0.25, 0.3) is 108 Å². The molecule has 0 amide bonds. The van der Waals surface area contributed by atoms with Crippen molar-refractivity contribution in [2.24, 2.45) is 0 Å². The maximum Gasteiger partial charge on any atom is 0.0547 e. The summed E-state index contributed by atoms with van der Waals surface area (Å²) >= 11 is 1.87. The van der Waals surface area contributed by atoms with E-state index in [0.29, 0.717) is 0 Å². The number of aromatic nitrogens is 2. The van der Waals surface area contributed by atoms with Crippen LogP contribution < -0.4 is 0 Å². The second-order valence-electron chi connectivity index (χ2n) is 14.2. The van der Waals surface area contributed by atoms with Gasteiger partial charge in [-0.1, -0.05) is 103 Å². The highest BCUT2D eigenvalue weighted by Crippen LogP contribution is 2.41. The number of benzene rings is 9. The van der Waals surface area contributed by atoms with E-state index in [1.165, 1.54) is 108 Å². The van der Waals surface area contributed by atoms with Gasteiger partial charge in [-0.05, 0) is 112 Å². The lowest BCUT2D eigenvalue weighted by Gasteiger charge is -2.11. The molecule has 53 heavy (non-hydrogen) atoms. The fourth-order valence-electron chi connectivity index (χ4n) is 8.76. The molecule has 0 unspecified atom stereocenters. The Balaban J connectivity index is 1.07. The van der Waals surface area contributed by atoms with Crippen LogP contribution in [0.15, 0.2) is 182 Å². The van der Waals surface area contributed by atoms with Crippen molar-refractivity contribution in [3.05, 3.63) is 182 Å². The predicted molar refractivity (Wildman–Crippen MR) is 228 cm³/mol. The van der Waals surface area contributed by atoms with Crippen LogP contribution >= 0.6 is 11.3 Å². The van der Waals surface area contributed by atoms with Gasteiger partial charge in [-0.25, -0.2) is 0 Å². The first-order valence-corrected chi connectivity index (χ1v) is 19.0. The van der Waals surface area contributed by atoms with Crippen molar-refractivity contribution in [2.45, 2.75) is 0 Å². The molecule has 3 heterocycles. The molecule has 12 aromatic rings. The first-order chi connectivity index (χ1) is 26.2. The lowest BCUT2D eigenvalue weighted by molar-refractivity contribution is 1.19. The fraction of sp³-hybridized carbons (Fsp3) is 0. The quantitative estimate of drug-likeness (QED) is 0.175. The maximum atomic E-state index is 2.44. The second-order valence-corrected chi connectivity index (χ2v) is 15.3. The topological polar surface area (TPSA) is 9.86 Å². The third-order valence-corrected chi connectivity index (χ3v) is 12.4. The predicted octanol–water partition coefficient (Wildman–Crippen LogP) is 14.2. The average molecular weight is 691 g/mol. The molecule has 3 aromatic heterocycles. The van der Waals surface area contributed by atoms with Gasteiger partial charge in [-0.2, -0.15) is 0 Å². The Morgan fingerprint density at radius 2 is 0.811 bits per heavy atom. The van der Waals surface area contributed by atoms with E-state index in [4.69, 9.17) is 0 Å². The van der Waals surface area contributed by atoms with Crippen molar-refractivity contribution in [1.29, 1.82) is 0 Å². The number of nitrogens with zero attached hydrogens (tertiary/aromatic N) is 2. The molecule has 0 aliphatic rings. The molecule has 0 atom stereocenters. The second kappa shape index (κ2) is 10.9. The van der Waals surface area contributed by atoms with E-state index in [2.05, 4.69) is 191 Å². The van der Waals surface area contributed by atoms with Crippen molar-refractivity contribution in [3.63, 3.8) is 0 Å². The third-order valence-electron chi connectivity index (χ3n) is 11.2. The van der Waals surface area contributed by atoms with Crippen molar-refractivity contribution in [1.82, 2.24) is 9.13 Å². The summed E-state index contributed by atoms with van der Waals surface area (Å²) < 4.78 is 7.53. The van der Waals surface area contributed by atoms with Crippen LogP contribution in [0.2, 0.25) is 0 Å². The standard InChI is InChI=1S/C50H30N2S/c1-2-10-32-25-37(20-17-31(32)9-1)52-47-23-19-36(28-42(47)43-26-33-11-3-4-12-34(33)29-48(43)52)35-18-22-46-41(27-35)39-13-5-7-15-45(39)51(46)38-21-24-50-44(30-38)40-14-6-8-16-49(40)53-50/h1-30H. The number of hydrogen-bond donors (Lipinski definition) is 0. The van der Waals surface area contributed by atoms with Crippen LogP contribution in [0.5, 0.6) is 0 Å². The molecule has 0 N–H and O–H groups in total. The molecule has 3 heteroatoms. The van der Waals surface area contributed by atoms with Gasteiger partial charge in [-0.15, -0.1) is 11.3 Å². The zero-order chi connectivity index (χ0) is 34.6. The molecule has 12 rings (SSSR count). The molecule has 9 aromatic carbocycles. The van der Waals surface area contributed by atoms with Crippen LogP contribution in [0.3, 0.4) is 0 Å². The van der Waals surface area contributed by atoms with Crippen molar-refractivity contribution in [2.75, 3.05) is 0 Å². The lowest BCUT2D eigenvalue weighted by atomic mass is 10.00. The maximum absolute atomic E-state index is 2.44. The van der Waals surface area contributed by atoms with Crippen LogP contribution in [-0.4, -0.2) is 9.13 Å². The number of hydrogen-bond acceptors (Lipinski definition) is 1. The first-order valence-electron chi connectivity index (χ1n) is 18.2. The normalized spacial score (nSPS) is 12.2. The monoisotopic (exact) mass is 690 g/mol. The zero-order valence-corrected chi connectivity index (χ0v) is 29.4. The molecule has 0 saturated carbocycles. The molecule has 0 saturated heterocycles. The summed E-state index contributed by atoms with van der Waals surface area (Å²) in [5, 5.41) is 12.7. The van der Waals surface area contributed by atoms with Gasteiger partial charge in [0.2, 0.25) is 0 Å². The van der Waals surface area contributed by atoms with Crippen molar-refractivity contribution < 1.29 is 0 Å². The highest BCUT2D eigenvalue weighted by Gasteiger charge is 2.18. The van der Waals surface area contributed by atoms with Gasteiger partial charge in [-0.3, -0.25) is 0 Å². The Morgan fingerprint density at radius 1 is 0.283 bits per heavy atom. The van der Waals surface area contributed by atoms with Crippen LogP contribution in [0.1, 0.15) is 0 Å². The Morgan fingerprint density at radius 3 is 1.60 bits per heavy atom. The summed E-state index contributed by atoms with van der Waals surface area (Å²) in [6.45, 7) is 0. The number of thiophene rings is 1. The molecule has 0 aliphatic carbocycles. The summed E-state index contributed by atoms with van der Waals surface area (Å²) in [5.41, 5.74) is 9.67. The van der Waals surface area contributed by atoms with E-state index in [1.54, 1.807) is 0 Å². The summed E-state index contributed by atoms with van der Waals surface area (Å²) in [5.74, 6) is 0. The molecule has 246 valence electrons. The van der Waals surface area contributed by atoms with Crippen LogP contribution in [0, 0.1) is 0 Å². The van der Waals surface area contributed by atoms with Gasteiger partial charge in [0.05, 0.1) is 22.1 Å². The minimum atomic E-state index is 1.18.